The first-order valence-corrected chi connectivity index (χ1v) is 6.11. The molecule has 1 saturated carbocycles. The van der Waals surface area contributed by atoms with E-state index < -0.39 is 12.4 Å². The van der Waals surface area contributed by atoms with Gasteiger partial charge in [0, 0.05) is 0 Å². The zero-order chi connectivity index (χ0) is 10.6. The molecule has 0 bridgehead atoms. The van der Waals surface area contributed by atoms with Crippen LogP contribution in [0.25, 0.3) is 0 Å². The van der Waals surface area contributed by atoms with Crippen molar-refractivity contribution in [3.63, 3.8) is 0 Å². The van der Waals surface area contributed by atoms with E-state index in [0.717, 1.165) is 5.75 Å². The summed E-state index contributed by atoms with van der Waals surface area (Å²) in [5.74, 6) is 1.57. The van der Waals surface area contributed by atoms with Crippen LogP contribution in [0.4, 0.5) is 12.9 Å². The molecule has 0 unspecified atom stereocenters. The molecule has 0 aromatic heterocycles. The van der Waals surface area contributed by atoms with Crippen LogP contribution in [0.15, 0.2) is 12.1 Å². The van der Waals surface area contributed by atoms with E-state index in [1.807, 2.05) is 0 Å². The van der Waals surface area contributed by atoms with Crippen LogP contribution in [0.2, 0.25) is 0 Å². The predicted octanol–water partition coefficient (Wildman–Crippen LogP) is 0.857. The van der Waals surface area contributed by atoms with Crippen LogP contribution in [0.3, 0.4) is 0 Å². The minimum absolute atomic E-state index is 0. The van der Waals surface area contributed by atoms with Crippen LogP contribution in [0, 0.1) is 5.92 Å². The van der Waals surface area contributed by atoms with Gasteiger partial charge in [-0.3, -0.25) is 0 Å². The maximum atomic E-state index is 12.1. The van der Waals surface area contributed by atoms with Crippen molar-refractivity contribution in [2.45, 2.75) is 25.7 Å². The van der Waals surface area contributed by atoms with Gasteiger partial charge in [-0.2, -0.15) is 11.8 Å². The summed E-state index contributed by atoms with van der Waals surface area (Å²) in [4.78, 5) is 0. The molecule has 0 aliphatic heterocycles. The average molecular weight is 262 g/mol. The number of rotatable bonds is 5. The fraction of sp³-hybridized carbons (Fsp3) is 0.778. The molecule has 1 rings (SSSR count). The molecule has 82 valence electrons. The zero-order valence-electron chi connectivity index (χ0n) is 9.15. The summed E-state index contributed by atoms with van der Waals surface area (Å²) in [6.45, 7) is -1.74. The van der Waals surface area contributed by atoms with Crippen molar-refractivity contribution in [1.82, 2.24) is 0 Å². The van der Waals surface area contributed by atoms with Crippen molar-refractivity contribution in [3.05, 3.63) is 12.1 Å². The fourth-order valence-electron chi connectivity index (χ4n) is 1.63. The van der Waals surface area contributed by atoms with Crippen molar-refractivity contribution >= 4 is 18.7 Å². The van der Waals surface area contributed by atoms with Gasteiger partial charge in [0.1, 0.15) is 0 Å². The molecule has 0 nitrogen and oxygen atoms in total. The predicted molar refractivity (Wildman–Crippen MR) is 57.5 cm³/mol. The van der Waals surface area contributed by atoms with Gasteiger partial charge in [0.2, 0.25) is 0 Å². The van der Waals surface area contributed by atoms with Gasteiger partial charge in [-0.15, -0.1) is 12.1 Å². The van der Waals surface area contributed by atoms with Crippen LogP contribution in [-0.4, -0.2) is 18.5 Å². The molecule has 1 aliphatic carbocycles. The Bertz CT molecular complexity index is 202. The van der Waals surface area contributed by atoms with Crippen molar-refractivity contribution in [3.8, 4) is 0 Å². The number of halogens is 3. The molecular weight excluding hydrogens is 247 g/mol. The summed E-state index contributed by atoms with van der Waals surface area (Å²) < 4.78 is 36.3. The van der Waals surface area contributed by atoms with Crippen molar-refractivity contribution in [2.75, 3.05) is 11.5 Å². The summed E-state index contributed by atoms with van der Waals surface area (Å²) in [6, 6.07) is 0. The van der Waals surface area contributed by atoms with E-state index in [-0.39, 0.29) is 57.1 Å². The standard InChI is InChI=1S/C9H15BF3S.K/c1-8(10(11,12)13)6-14-7-9-4-2-3-5-9;/h9H,1-7H2;/q-1;+1. The second-order valence-corrected chi connectivity index (χ2v) is 4.93. The summed E-state index contributed by atoms with van der Waals surface area (Å²) in [7, 11) is 0. The van der Waals surface area contributed by atoms with Gasteiger partial charge in [-0.1, -0.05) is 12.8 Å². The molecule has 0 aromatic carbocycles. The summed E-state index contributed by atoms with van der Waals surface area (Å²) >= 11 is 1.38. The minimum atomic E-state index is -4.81. The quantitative estimate of drug-likeness (QED) is 0.662. The topological polar surface area (TPSA) is 0 Å². The zero-order valence-corrected chi connectivity index (χ0v) is 13.1. The van der Waals surface area contributed by atoms with Gasteiger partial charge >= 0.3 is 58.4 Å². The molecule has 0 N–H and O–H groups in total. The van der Waals surface area contributed by atoms with E-state index in [2.05, 4.69) is 6.58 Å². The first-order valence-electron chi connectivity index (χ1n) is 4.95. The second-order valence-electron chi connectivity index (χ2n) is 3.90. The van der Waals surface area contributed by atoms with Gasteiger partial charge in [0.05, 0.1) is 0 Å². The molecule has 0 radical (unpaired) electrons. The van der Waals surface area contributed by atoms with Crippen LogP contribution in [-0.2, 0) is 0 Å². The largest absolute Gasteiger partial charge is 1.00 e. The third-order valence-corrected chi connectivity index (χ3v) is 3.86. The van der Waals surface area contributed by atoms with Crippen LogP contribution >= 0.6 is 11.8 Å². The average Bonchev–Trinajstić information content (AvgIpc) is 2.55. The Labute approximate surface area is 136 Å². The van der Waals surface area contributed by atoms with Gasteiger partial charge in [0.15, 0.2) is 0 Å². The van der Waals surface area contributed by atoms with E-state index >= 15 is 0 Å². The Hall–Kier alpha value is 1.58. The molecule has 1 aliphatic rings. The summed E-state index contributed by atoms with van der Waals surface area (Å²) in [5.41, 5.74) is -0.548. The third-order valence-electron chi connectivity index (χ3n) is 2.58. The molecule has 0 aromatic rings. The smallest absolute Gasteiger partial charge is 0.445 e. The van der Waals surface area contributed by atoms with Crippen molar-refractivity contribution < 1.29 is 64.3 Å². The number of thioether (sulfide) groups is 1. The van der Waals surface area contributed by atoms with Gasteiger partial charge in [0.25, 0.3) is 0 Å². The summed E-state index contributed by atoms with van der Waals surface area (Å²) in [5, 5.41) is 0. The minimum Gasteiger partial charge on any atom is -0.445 e. The van der Waals surface area contributed by atoms with Gasteiger partial charge in [-0.05, 0) is 30.3 Å². The molecular formula is C9H15BF3KS. The van der Waals surface area contributed by atoms with Crippen molar-refractivity contribution in [2.24, 2.45) is 5.92 Å². The van der Waals surface area contributed by atoms with E-state index in [9.17, 15) is 12.9 Å². The molecule has 0 amide bonds. The van der Waals surface area contributed by atoms with Crippen molar-refractivity contribution in [1.29, 1.82) is 0 Å². The first-order chi connectivity index (χ1) is 6.50. The number of hydrogen-bond acceptors (Lipinski definition) is 1. The first kappa shape index (κ1) is 16.6. The number of hydrogen-bond donors (Lipinski definition) is 0. The Kier molecular flexibility index (Phi) is 8.65. The van der Waals surface area contributed by atoms with E-state index in [1.165, 1.54) is 37.4 Å². The van der Waals surface area contributed by atoms with Crippen LogP contribution < -0.4 is 51.4 Å². The molecule has 6 heteroatoms. The Balaban J connectivity index is 0.00000196. The van der Waals surface area contributed by atoms with E-state index in [0.29, 0.717) is 5.92 Å². The van der Waals surface area contributed by atoms with Crippen LogP contribution in [0.5, 0.6) is 0 Å². The molecule has 0 heterocycles. The second kappa shape index (κ2) is 7.82. The van der Waals surface area contributed by atoms with E-state index in [4.69, 9.17) is 0 Å². The summed E-state index contributed by atoms with van der Waals surface area (Å²) in [6.07, 6.45) is 4.87. The molecule has 0 spiro atoms. The van der Waals surface area contributed by atoms with Gasteiger partial charge < -0.3 is 12.9 Å². The van der Waals surface area contributed by atoms with Crippen LogP contribution in [0.1, 0.15) is 25.7 Å². The third kappa shape index (κ3) is 6.78. The Morgan fingerprint density at radius 1 is 1.27 bits per heavy atom. The molecule has 0 saturated heterocycles. The fourth-order valence-corrected chi connectivity index (χ4v) is 2.86. The van der Waals surface area contributed by atoms with E-state index in [1.54, 1.807) is 0 Å². The molecule has 15 heavy (non-hydrogen) atoms. The normalized spacial score (nSPS) is 17.5. The monoisotopic (exact) mass is 262 g/mol. The van der Waals surface area contributed by atoms with Gasteiger partial charge in [-0.25, -0.2) is 0 Å². The molecule has 0 atom stereocenters. The molecule has 1 fully saturated rings. The maximum Gasteiger partial charge on any atom is 1.00 e. The SMILES string of the molecule is C=C(CSCC1CCCC1)[B-](F)(F)F.[K+]. The Morgan fingerprint density at radius 2 is 1.80 bits per heavy atom. The maximum absolute atomic E-state index is 12.1. The Morgan fingerprint density at radius 3 is 2.27 bits per heavy atom.